The first-order valence-electron chi connectivity index (χ1n) is 12.0. The lowest BCUT2D eigenvalue weighted by molar-refractivity contribution is -0.133. The Balaban J connectivity index is 1.22. The molecule has 0 bridgehead atoms. The van der Waals surface area contributed by atoms with Crippen LogP contribution in [0.25, 0.3) is 0 Å². The van der Waals surface area contributed by atoms with Crippen LogP contribution in [0, 0.1) is 5.92 Å². The zero-order chi connectivity index (χ0) is 22.2. The summed E-state index contributed by atoms with van der Waals surface area (Å²) in [5.74, 6) is 1.49. The summed E-state index contributed by atoms with van der Waals surface area (Å²) in [6.07, 6.45) is 6.86. The lowest BCUT2D eigenvalue weighted by Gasteiger charge is -2.32. The first kappa shape index (κ1) is 22.4. The predicted molar refractivity (Wildman–Crippen MR) is 126 cm³/mol. The monoisotopic (exact) mass is 434 g/mol. The minimum absolute atomic E-state index is 0.119. The number of carbonyl (C=O) groups excluding carboxylic acids is 2. The normalized spacial score (nSPS) is 18.9. The van der Waals surface area contributed by atoms with Gasteiger partial charge in [0, 0.05) is 44.1 Å². The Kier molecular flexibility index (Phi) is 7.81. The molecule has 2 saturated heterocycles. The summed E-state index contributed by atoms with van der Waals surface area (Å²) in [6, 6.07) is 17.7. The number of carbonyl (C=O) groups is 2. The first-order valence-corrected chi connectivity index (χ1v) is 12.0. The molecule has 0 spiro atoms. The molecule has 5 nitrogen and oxygen atoms in total. The number of benzene rings is 2. The van der Waals surface area contributed by atoms with E-state index >= 15 is 0 Å². The molecule has 0 saturated carbocycles. The van der Waals surface area contributed by atoms with E-state index in [2.05, 4.69) is 12.1 Å². The number of amides is 2. The summed E-state index contributed by atoms with van der Waals surface area (Å²) in [5, 5.41) is 0. The Morgan fingerprint density at radius 2 is 1.56 bits per heavy atom. The van der Waals surface area contributed by atoms with E-state index in [9.17, 15) is 9.59 Å². The molecule has 2 aromatic carbocycles. The van der Waals surface area contributed by atoms with Crippen molar-refractivity contribution in [1.82, 2.24) is 9.80 Å². The molecule has 1 atom stereocenters. The molecule has 0 unspecified atom stereocenters. The fourth-order valence-electron chi connectivity index (χ4n) is 4.67. The van der Waals surface area contributed by atoms with E-state index in [1.165, 1.54) is 12.0 Å². The third kappa shape index (κ3) is 6.12. The number of aryl methyl sites for hydroxylation is 1. The quantitative estimate of drug-likeness (QED) is 0.642. The molecule has 2 amide bonds. The summed E-state index contributed by atoms with van der Waals surface area (Å²) in [7, 11) is 0. The zero-order valence-electron chi connectivity index (χ0n) is 18.9. The van der Waals surface area contributed by atoms with Crippen LogP contribution in [-0.4, -0.2) is 54.4 Å². The number of ether oxygens (including phenoxy) is 1. The van der Waals surface area contributed by atoms with Crippen molar-refractivity contribution in [2.75, 3.05) is 32.8 Å². The van der Waals surface area contributed by atoms with Crippen molar-refractivity contribution in [1.29, 1.82) is 0 Å². The minimum Gasteiger partial charge on any atom is -0.493 e. The minimum atomic E-state index is 0.119. The summed E-state index contributed by atoms with van der Waals surface area (Å²) < 4.78 is 6.02. The standard InChI is InChI=1S/C27H34N2O3/c30-26(16-11-22-8-3-1-4-9-22)29-19-7-10-23(20-29)21-32-25-14-12-24(13-15-25)27(31)28-17-5-2-6-18-28/h1,3-4,8-9,12-15,23H,2,5-7,10-11,16-21H2/t23-/m1/s1. The molecule has 2 aliphatic rings. The molecule has 0 radical (unpaired) electrons. The highest BCUT2D eigenvalue weighted by Gasteiger charge is 2.24. The van der Waals surface area contributed by atoms with Crippen molar-refractivity contribution in [3.8, 4) is 5.75 Å². The molecule has 0 aliphatic carbocycles. The molecule has 5 heteroatoms. The average molecular weight is 435 g/mol. The smallest absolute Gasteiger partial charge is 0.253 e. The molecule has 2 aliphatic heterocycles. The molecule has 32 heavy (non-hydrogen) atoms. The van der Waals surface area contributed by atoms with E-state index in [4.69, 9.17) is 4.74 Å². The third-order valence-corrected chi connectivity index (χ3v) is 6.57. The van der Waals surface area contributed by atoms with Crippen LogP contribution in [0.15, 0.2) is 54.6 Å². The van der Waals surface area contributed by atoms with Gasteiger partial charge in [-0.3, -0.25) is 9.59 Å². The highest BCUT2D eigenvalue weighted by Crippen LogP contribution is 2.21. The summed E-state index contributed by atoms with van der Waals surface area (Å²) >= 11 is 0. The van der Waals surface area contributed by atoms with Crippen LogP contribution in [0.5, 0.6) is 5.75 Å². The lowest BCUT2D eigenvalue weighted by atomic mass is 9.98. The van der Waals surface area contributed by atoms with Crippen LogP contribution < -0.4 is 4.74 Å². The number of rotatable bonds is 7. The Morgan fingerprint density at radius 1 is 0.844 bits per heavy atom. The van der Waals surface area contributed by atoms with E-state index < -0.39 is 0 Å². The fraction of sp³-hybridized carbons (Fsp3) is 0.481. The Hall–Kier alpha value is -2.82. The van der Waals surface area contributed by atoms with Gasteiger partial charge in [-0.05, 0) is 68.4 Å². The van der Waals surface area contributed by atoms with Gasteiger partial charge in [0.25, 0.3) is 5.91 Å². The molecular weight excluding hydrogens is 400 g/mol. The number of likely N-dealkylation sites (tertiary alicyclic amines) is 2. The van der Waals surface area contributed by atoms with Gasteiger partial charge >= 0.3 is 0 Å². The van der Waals surface area contributed by atoms with Crippen LogP contribution in [0.3, 0.4) is 0 Å². The molecule has 170 valence electrons. The van der Waals surface area contributed by atoms with Crippen molar-refractivity contribution < 1.29 is 14.3 Å². The van der Waals surface area contributed by atoms with Crippen molar-refractivity contribution >= 4 is 11.8 Å². The third-order valence-electron chi connectivity index (χ3n) is 6.57. The predicted octanol–water partition coefficient (Wildman–Crippen LogP) is 4.56. The summed E-state index contributed by atoms with van der Waals surface area (Å²) in [4.78, 5) is 29.2. The average Bonchev–Trinajstić information content (AvgIpc) is 2.87. The maximum atomic E-state index is 12.7. The van der Waals surface area contributed by atoms with Gasteiger partial charge in [-0.25, -0.2) is 0 Å². The van der Waals surface area contributed by atoms with Gasteiger partial charge in [0.15, 0.2) is 0 Å². The molecule has 4 rings (SSSR count). The summed E-state index contributed by atoms with van der Waals surface area (Å²) in [5.41, 5.74) is 1.94. The number of nitrogens with zero attached hydrogens (tertiary/aromatic N) is 2. The van der Waals surface area contributed by atoms with Gasteiger partial charge in [-0.1, -0.05) is 30.3 Å². The maximum Gasteiger partial charge on any atom is 0.253 e. The molecule has 2 fully saturated rings. The second-order valence-corrected chi connectivity index (χ2v) is 9.02. The van der Waals surface area contributed by atoms with Gasteiger partial charge in [0.2, 0.25) is 5.91 Å². The molecule has 0 N–H and O–H groups in total. The Morgan fingerprint density at radius 3 is 2.31 bits per heavy atom. The van der Waals surface area contributed by atoms with Crippen LogP contribution in [-0.2, 0) is 11.2 Å². The van der Waals surface area contributed by atoms with Gasteiger partial charge < -0.3 is 14.5 Å². The highest BCUT2D eigenvalue weighted by molar-refractivity contribution is 5.94. The topological polar surface area (TPSA) is 49.9 Å². The Labute approximate surface area is 191 Å². The van der Waals surface area contributed by atoms with Gasteiger partial charge in [-0.15, -0.1) is 0 Å². The van der Waals surface area contributed by atoms with Gasteiger partial charge in [0.1, 0.15) is 5.75 Å². The number of piperidine rings is 2. The van der Waals surface area contributed by atoms with Crippen molar-refractivity contribution in [3.63, 3.8) is 0 Å². The molecular formula is C27H34N2O3. The second kappa shape index (κ2) is 11.2. The maximum absolute atomic E-state index is 12.7. The second-order valence-electron chi connectivity index (χ2n) is 9.02. The van der Waals surface area contributed by atoms with Crippen molar-refractivity contribution in [3.05, 3.63) is 65.7 Å². The lowest BCUT2D eigenvalue weighted by Crippen LogP contribution is -2.41. The van der Waals surface area contributed by atoms with Crippen LogP contribution in [0.2, 0.25) is 0 Å². The SMILES string of the molecule is O=C(CCc1ccccc1)N1CCC[C@@H](COc2ccc(C(=O)N3CCCCC3)cc2)C1. The van der Waals surface area contributed by atoms with E-state index in [0.717, 1.165) is 69.6 Å². The van der Waals surface area contributed by atoms with E-state index in [1.54, 1.807) is 0 Å². The molecule has 0 aromatic heterocycles. The van der Waals surface area contributed by atoms with E-state index in [0.29, 0.717) is 18.9 Å². The number of hydrogen-bond donors (Lipinski definition) is 0. The number of hydrogen-bond acceptors (Lipinski definition) is 3. The Bertz CT molecular complexity index is 876. The van der Waals surface area contributed by atoms with Gasteiger partial charge in [-0.2, -0.15) is 0 Å². The van der Waals surface area contributed by atoms with E-state index in [-0.39, 0.29) is 11.8 Å². The molecule has 2 aromatic rings. The zero-order valence-corrected chi connectivity index (χ0v) is 18.9. The van der Waals surface area contributed by atoms with Crippen molar-refractivity contribution in [2.24, 2.45) is 5.92 Å². The van der Waals surface area contributed by atoms with Crippen LogP contribution in [0.1, 0.15) is 54.4 Å². The van der Waals surface area contributed by atoms with Gasteiger partial charge in [0.05, 0.1) is 6.61 Å². The van der Waals surface area contributed by atoms with Crippen LogP contribution in [0.4, 0.5) is 0 Å². The largest absolute Gasteiger partial charge is 0.493 e. The molecule has 2 heterocycles. The first-order chi connectivity index (χ1) is 15.7. The highest BCUT2D eigenvalue weighted by atomic mass is 16.5. The summed E-state index contributed by atoms with van der Waals surface area (Å²) in [6.45, 7) is 3.93. The fourth-order valence-corrected chi connectivity index (χ4v) is 4.67. The van der Waals surface area contributed by atoms with E-state index in [1.807, 2.05) is 52.3 Å². The van der Waals surface area contributed by atoms with Crippen LogP contribution >= 0.6 is 0 Å². The van der Waals surface area contributed by atoms with Crippen molar-refractivity contribution in [2.45, 2.75) is 44.9 Å².